The lowest BCUT2D eigenvalue weighted by molar-refractivity contribution is 0.415. The molecule has 1 atom stereocenters. The fourth-order valence-corrected chi connectivity index (χ4v) is 3.79. The van der Waals surface area contributed by atoms with Crippen molar-refractivity contribution in [3.63, 3.8) is 0 Å². The van der Waals surface area contributed by atoms with Crippen LogP contribution in [0.4, 0.5) is 11.4 Å². The molecule has 0 aliphatic heterocycles. The van der Waals surface area contributed by atoms with Crippen molar-refractivity contribution in [2.75, 3.05) is 18.6 Å². The molecule has 0 radical (unpaired) electrons. The molecule has 5 heteroatoms. The Kier molecular flexibility index (Phi) is 7.34. The minimum Gasteiger partial charge on any atom is -0.497 e. The number of aliphatic imine (C=N–C) groups is 1. The maximum atomic E-state index is 6.46. The van der Waals surface area contributed by atoms with Gasteiger partial charge in [0.1, 0.15) is 5.75 Å². The van der Waals surface area contributed by atoms with Gasteiger partial charge in [0.2, 0.25) is 0 Å². The number of rotatable bonds is 8. The largest absolute Gasteiger partial charge is 0.497 e. The highest BCUT2D eigenvalue weighted by atomic mass is 79.9. The molecule has 0 aliphatic rings. The first-order valence-corrected chi connectivity index (χ1v) is 10.6. The van der Waals surface area contributed by atoms with E-state index >= 15 is 0 Å². The van der Waals surface area contributed by atoms with Crippen molar-refractivity contribution in [2.24, 2.45) is 4.99 Å². The number of methoxy groups -OCH3 is 1. The summed E-state index contributed by atoms with van der Waals surface area (Å²) in [6.07, 6.45) is 0. The Morgan fingerprint density at radius 2 is 1.83 bits per heavy atom. The fraction of sp³-hybridized carbons (Fsp3) is 0.208. The zero-order valence-electron chi connectivity index (χ0n) is 16.6. The van der Waals surface area contributed by atoms with Gasteiger partial charge in [-0.15, -0.1) is 0 Å². The number of hydrogen-bond acceptors (Lipinski definition) is 3. The van der Waals surface area contributed by atoms with E-state index in [2.05, 4.69) is 69.8 Å². The minimum absolute atomic E-state index is 0.311. The Morgan fingerprint density at radius 3 is 2.48 bits per heavy atom. The van der Waals surface area contributed by atoms with E-state index in [1.54, 1.807) is 7.11 Å². The molecule has 0 saturated heterocycles. The molecule has 3 nitrogen and oxygen atoms in total. The van der Waals surface area contributed by atoms with Crippen LogP contribution in [0.15, 0.2) is 76.2 Å². The first kappa shape index (κ1) is 21.4. The first-order valence-electron chi connectivity index (χ1n) is 9.40. The fourth-order valence-electron chi connectivity index (χ4n) is 3.33. The van der Waals surface area contributed by atoms with Gasteiger partial charge >= 0.3 is 0 Å². The van der Waals surface area contributed by atoms with Crippen LogP contribution in [0.1, 0.15) is 24.0 Å². The third-order valence-electron chi connectivity index (χ3n) is 4.95. The Bertz CT molecular complexity index is 975. The predicted octanol–water partition coefficient (Wildman–Crippen LogP) is 7.25. The maximum absolute atomic E-state index is 6.46. The van der Waals surface area contributed by atoms with E-state index in [4.69, 9.17) is 16.3 Å². The van der Waals surface area contributed by atoms with E-state index in [-0.39, 0.29) is 0 Å². The van der Waals surface area contributed by atoms with E-state index in [9.17, 15) is 0 Å². The smallest absolute Gasteiger partial charge is 0.121 e. The molecular formula is C24H24BrClN2O. The van der Waals surface area contributed by atoms with Crippen molar-refractivity contribution in [2.45, 2.75) is 19.4 Å². The Morgan fingerprint density at radius 1 is 1.10 bits per heavy atom. The second-order valence-electron chi connectivity index (χ2n) is 6.94. The number of halogens is 2. The molecule has 0 fully saturated rings. The normalized spacial score (nSPS) is 11.7. The molecule has 0 aromatic heterocycles. The molecule has 150 valence electrons. The van der Waals surface area contributed by atoms with Crippen molar-refractivity contribution in [3.8, 4) is 5.75 Å². The van der Waals surface area contributed by atoms with Gasteiger partial charge in [-0.2, -0.15) is 0 Å². The van der Waals surface area contributed by atoms with Gasteiger partial charge in [0.25, 0.3) is 0 Å². The first-order chi connectivity index (χ1) is 14.0. The molecule has 3 rings (SSSR count). The SMILES string of the molecule is C=Nc1cc(OC)ccc1N(Cc1ccccc1Cl)CC(C)c1ccc(Br)cc1. The summed E-state index contributed by atoms with van der Waals surface area (Å²) >= 11 is 9.97. The second-order valence-corrected chi connectivity index (χ2v) is 8.26. The maximum Gasteiger partial charge on any atom is 0.121 e. The van der Waals surface area contributed by atoms with Crippen LogP contribution in [0.25, 0.3) is 0 Å². The molecular weight excluding hydrogens is 448 g/mol. The van der Waals surface area contributed by atoms with Crippen LogP contribution < -0.4 is 9.64 Å². The predicted molar refractivity (Wildman–Crippen MR) is 127 cm³/mol. The van der Waals surface area contributed by atoms with Gasteiger partial charge in [0.05, 0.1) is 18.5 Å². The van der Waals surface area contributed by atoms with Crippen molar-refractivity contribution in [1.82, 2.24) is 0 Å². The third-order valence-corrected chi connectivity index (χ3v) is 5.84. The Hall–Kier alpha value is -2.30. The molecule has 0 bridgehead atoms. The van der Waals surface area contributed by atoms with Crippen LogP contribution in [-0.2, 0) is 6.54 Å². The lowest BCUT2D eigenvalue weighted by atomic mass is 10.00. The van der Waals surface area contributed by atoms with Gasteiger partial charge in [0.15, 0.2) is 0 Å². The number of anilines is 1. The molecule has 29 heavy (non-hydrogen) atoms. The lowest BCUT2D eigenvalue weighted by Crippen LogP contribution is -2.27. The molecule has 3 aromatic rings. The van der Waals surface area contributed by atoms with Crippen LogP contribution in [0, 0.1) is 0 Å². The number of benzene rings is 3. The van der Waals surface area contributed by atoms with Crippen LogP contribution >= 0.6 is 27.5 Å². The summed E-state index contributed by atoms with van der Waals surface area (Å²) in [5.41, 5.74) is 4.14. The molecule has 0 saturated carbocycles. The minimum atomic E-state index is 0.311. The zero-order chi connectivity index (χ0) is 20.8. The van der Waals surface area contributed by atoms with Crippen molar-refractivity contribution in [1.29, 1.82) is 0 Å². The summed E-state index contributed by atoms with van der Waals surface area (Å²) in [6, 6.07) is 22.3. The summed E-state index contributed by atoms with van der Waals surface area (Å²) in [4.78, 5) is 6.55. The van der Waals surface area contributed by atoms with Crippen LogP contribution in [0.5, 0.6) is 5.75 Å². The number of nitrogens with zero attached hydrogens (tertiary/aromatic N) is 2. The summed E-state index contributed by atoms with van der Waals surface area (Å²) < 4.78 is 6.44. The van der Waals surface area contributed by atoms with Crippen molar-refractivity contribution < 1.29 is 4.74 Å². The van der Waals surface area contributed by atoms with E-state index in [0.717, 1.165) is 38.7 Å². The molecule has 0 N–H and O–H groups in total. The van der Waals surface area contributed by atoms with Gasteiger partial charge in [-0.25, -0.2) is 0 Å². The standard InChI is InChI=1S/C24H24BrClN2O/c1-17(18-8-10-20(25)11-9-18)15-28(16-19-6-4-5-7-22(19)26)24-13-12-21(29-3)14-23(24)27-2/h4-14,17H,2,15-16H2,1,3H3. The van der Waals surface area contributed by atoms with Crippen molar-refractivity contribution >= 4 is 45.6 Å². The van der Waals surface area contributed by atoms with Gasteiger partial charge < -0.3 is 9.64 Å². The quantitative estimate of drug-likeness (QED) is 0.323. The molecule has 0 amide bonds. The van der Waals surface area contributed by atoms with Gasteiger partial charge in [0, 0.05) is 28.7 Å². The van der Waals surface area contributed by atoms with Gasteiger partial charge in [-0.05, 0) is 54.1 Å². The summed E-state index contributed by atoms with van der Waals surface area (Å²) in [6.45, 7) is 7.47. The average Bonchev–Trinajstić information content (AvgIpc) is 2.74. The Balaban J connectivity index is 1.96. The summed E-state index contributed by atoms with van der Waals surface area (Å²) in [5.74, 6) is 1.07. The topological polar surface area (TPSA) is 24.8 Å². The van der Waals surface area contributed by atoms with Crippen LogP contribution in [0.3, 0.4) is 0 Å². The van der Waals surface area contributed by atoms with Crippen LogP contribution in [0.2, 0.25) is 5.02 Å². The monoisotopic (exact) mass is 470 g/mol. The molecule has 0 aliphatic carbocycles. The zero-order valence-corrected chi connectivity index (χ0v) is 19.0. The van der Waals surface area contributed by atoms with E-state index in [0.29, 0.717) is 12.5 Å². The lowest BCUT2D eigenvalue weighted by Gasteiger charge is -2.30. The molecule has 0 heterocycles. The number of hydrogen-bond donors (Lipinski definition) is 0. The van der Waals surface area contributed by atoms with E-state index in [1.807, 2.05) is 36.4 Å². The van der Waals surface area contributed by atoms with Crippen molar-refractivity contribution in [3.05, 3.63) is 87.4 Å². The molecule has 0 spiro atoms. The third kappa shape index (κ3) is 5.40. The highest BCUT2D eigenvalue weighted by Crippen LogP contribution is 2.35. The summed E-state index contributed by atoms with van der Waals surface area (Å²) in [5, 5.41) is 0.760. The number of ether oxygens (including phenoxy) is 1. The highest BCUT2D eigenvalue weighted by molar-refractivity contribution is 9.10. The molecule has 1 unspecified atom stereocenters. The molecule has 3 aromatic carbocycles. The van der Waals surface area contributed by atoms with E-state index < -0.39 is 0 Å². The highest BCUT2D eigenvalue weighted by Gasteiger charge is 2.18. The second kappa shape index (κ2) is 9.95. The Labute approximate surface area is 186 Å². The van der Waals surface area contributed by atoms with Gasteiger partial charge in [-0.3, -0.25) is 4.99 Å². The average molecular weight is 472 g/mol. The van der Waals surface area contributed by atoms with Gasteiger partial charge in [-0.1, -0.05) is 64.8 Å². The summed E-state index contributed by atoms with van der Waals surface area (Å²) in [7, 11) is 1.65. The van der Waals surface area contributed by atoms with Crippen LogP contribution in [-0.4, -0.2) is 20.4 Å². The van der Waals surface area contributed by atoms with E-state index in [1.165, 1.54) is 5.56 Å².